The Labute approximate surface area is 89.9 Å². The highest BCUT2D eigenvalue weighted by molar-refractivity contribution is 5.85. The molecule has 0 atom stereocenters. The van der Waals surface area contributed by atoms with E-state index in [1.165, 1.54) is 30.3 Å². The van der Waals surface area contributed by atoms with Gasteiger partial charge in [-0.2, -0.15) is 0 Å². The summed E-state index contributed by atoms with van der Waals surface area (Å²) < 4.78 is 2.46. The van der Waals surface area contributed by atoms with Crippen LogP contribution in [-0.4, -0.2) is 9.55 Å². The molecule has 0 saturated heterocycles. The van der Waals surface area contributed by atoms with E-state index < -0.39 is 0 Å². The Kier molecular flexibility index (Phi) is 1.84. The van der Waals surface area contributed by atoms with E-state index >= 15 is 0 Å². The number of nitrogens with zero attached hydrogens (tertiary/aromatic N) is 2. The number of aryl methyl sites for hydroxylation is 1. The van der Waals surface area contributed by atoms with Crippen LogP contribution in [0.25, 0.3) is 10.9 Å². The zero-order valence-electron chi connectivity index (χ0n) is 9.33. The van der Waals surface area contributed by atoms with Gasteiger partial charge in [-0.15, -0.1) is 0 Å². The lowest BCUT2D eigenvalue weighted by molar-refractivity contribution is 0.770. The minimum atomic E-state index is 0.615. The van der Waals surface area contributed by atoms with E-state index in [0.29, 0.717) is 5.92 Å². The quantitative estimate of drug-likeness (QED) is 0.691. The van der Waals surface area contributed by atoms with Crippen LogP contribution in [0.5, 0.6) is 0 Å². The van der Waals surface area contributed by atoms with Crippen LogP contribution in [-0.2, 0) is 13.0 Å². The molecule has 1 aliphatic heterocycles. The highest BCUT2D eigenvalue weighted by Gasteiger charge is 2.22. The van der Waals surface area contributed by atoms with E-state index in [1.54, 1.807) is 11.3 Å². The second-order valence-electron chi connectivity index (χ2n) is 4.66. The Morgan fingerprint density at radius 2 is 2.27 bits per heavy atom. The molecule has 15 heavy (non-hydrogen) atoms. The van der Waals surface area contributed by atoms with E-state index in [-0.39, 0.29) is 0 Å². The number of aromatic nitrogens is 2. The molecule has 0 radical (unpaired) electrons. The lowest BCUT2D eigenvalue weighted by Crippen LogP contribution is -1.93. The predicted octanol–water partition coefficient (Wildman–Crippen LogP) is 3.11. The molecule has 0 unspecified atom stereocenters. The Balaban J connectivity index is 2.41. The summed E-state index contributed by atoms with van der Waals surface area (Å²) in [6.45, 7) is 5.74. The first-order valence-electron chi connectivity index (χ1n) is 5.74. The standard InChI is InChI=1S/C13H16N2/c1-9(2)13-10-5-6-14-8-12(10)15-7-3-4-11(13)15/h5-6,8-9H,3-4,7H2,1-2H3. The molecule has 0 amide bonds. The smallest absolute Gasteiger partial charge is 0.0671 e. The van der Waals surface area contributed by atoms with Crippen molar-refractivity contribution in [1.29, 1.82) is 0 Å². The summed E-state index contributed by atoms with van der Waals surface area (Å²) in [5.74, 6) is 0.615. The van der Waals surface area contributed by atoms with Crippen molar-refractivity contribution in [3.05, 3.63) is 29.7 Å². The van der Waals surface area contributed by atoms with E-state index in [0.717, 1.165) is 0 Å². The van der Waals surface area contributed by atoms with Crippen molar-refractivity contribution in [2.75, 3.05) is 0 Å². The summed E-state index contributed by atoms with van der Waals surface area (Å²) in [6, 6.07) is 2.16. The first kappa shape index (κ1) is 8.96. The highest BCUT2D eigenvalue weighted by Crippen LogP contribution is 2.35. The molecule has 2 nitrogen and oxygen atoms in total. The number of hydrogen-bond acceptors (Lipinski definition) is 1. The first-order valence-corrected chi connectivity index (χ1v) is 5.74. The lowest BCUT2D eigenvalue weighted by atomic mass is 9.98. The molecule has 0 aliphatic carbocycles. The van der Waals surface area contributed by atoms with E-state index in [9.17, 15) is 0 Å². The molecular weight excluding hydrogens is 184 g/mol. The van der Waals surface area contributed by atoms with Gasteiger partial charge < -0.3 is 4.57 Å². The van der Waals surface area contributed by atoms with Crippen molar-refractivity contribution < 1.29 is 0 Å². The van der Waals surface area contributed by atoms with Crippen LogP contribution in [0.1, 0.15) is 37.4 Å². The summed E-state index contributed by atoms with van der Waals surface area (Å²) in [7, 11) is 0. The number of fused-ring (bicyclic) bond motifs is 3. The van der Waals surface area contributed by atoms with Crippen LogP contribution >= 0.6 is 0 Å². The second-order valence-corrected chi connectivity index (χ2v) is 4.66. The van der Waals surface area contributed by atoms with E-state index in [1.807, 2.05) is 12.4 Å². The molecule has 2 heteroatoms. The zero-order chi connectivity index (χ0) is 10.4. The highest BCUT2D eigenvalue weighted by atomic mass is 15.0. The second kappa shape index (κ2) is 3.09. The molecule has 2 aromatic rings. The van der Waals surface area contributed by atoms with Gasteiger partial charge in [0.05, 0.1) is 11.7 Å². The fraction of sp³-hybridized carbons (Fsp3) is 0.462. The maximum absolute atomic E-state index is 4.24. The SMILES string of the molecule is CC(C)c1c2n(c3cnccc13)CCC2. The van der Waals surface area contributed by atoms with Crippen LogP contribution in [0.3, 0.4) is 0 Å². The first-order chi connectivity index (χ1) is 7.29. The molecule has 0 aromatic carbocycles. The monoisotopic (exact) mass is 200 g/mol. The summed E-state index contributed by atoms with van der Waals surface area (Å²) in [5, 5.41) is 1.41. The largest absolute Gasteiger partial charge is 0.343 e. The molecule has 2 aromatic heterocycles. The minimum absolute atomic E-state index is 0.615. The Morgan fingerprint density at radius 1 is 1.40 bits per heavy atom. The van der Waals surface area contributed by atoms with Gasteiger partial charge in [-0.05, 0) is 30.4 Å². The van der Waals surface area contributed by atoms with Gasteiger partial charge in [0.2, 0.25) is 0 Å². The Morgan fingerprint density at radius 3 is 3.07 bits per heavy atom. The van der Waals surface area contributed by atoms with Crippen LogP contribution in [0.2, 0.25) is 0 Å². The van der Waals surface area contributed by atoms with Crippen molar-refractivity contribution in [2.45, 2.75) is 39.2 Å². The zero-order valence-corrected chi connectivity index (χ0v) is 9.33. The van der Waals surface area contributed by atoms with Gasteiger partial charge in [-0.1, -0.05) is 13.8 Å². The lowest BCUT2D eigenvalue weighted by Gasteiger charge is -2.05. The van der Waals surface area contributed by atoms with E-state index in [4.69, 9.17) is 0 Å². The average Bonchev–Trinajstić information content (AvgIpc) is 2.75. The third kappa shape index (κ3) is 1.14. The Bertz CT molecular complexity index is 508. The maximum atomic E-state index is 4.24. The van der Waals surface area contributed by atoms with Gasteiger partial charge in [0, 0.05) is 23.8 Å². The van der Waals surface area contributed by atoms with Crippen LogP contribution in [0, 0.1) is 0 Å². The molecular formula is C13H16N2. The molecule has 0 spiro atoms. The Hall–Kier alpha value is -1.31. The molecule has 1 aliphatic rings. The number of rotatable bonds is 1. The van der Waals surface area contributed by atoms with Gasteiger partial charge in [0.1, 0.15) is 0 Å². The fourth-order valence-corrected chi connectivity index (χ4v) is 2.85. The molecule has 78 valence electrons. The molecule has 3 rings (SSSR count). The third-order valence-electron chi connectivity index (χ3n) is 3.39. The number of hydrogen-bond donors (Lipinski definition) is 0. The van der Waals surface area contributed by atoms with Crippen molar-refractivity contribution in [3.63, 3.8) is 0 Å². The van der Waals surface area contributed by atoms with Gasteiger partial charge >= 0.3 is 0 Å². The van der Waals surface area contributed by atoms with Crippen LogP contribution in [0.4, 0.5) is 0 Å². The van der Waals surface area contributed by atoms with E-state index in [2.05, 4.69) is 29.5 Å². The molecule has 0 fully saturated rings. The van der Waals surface area contributed by atoms with Gasteiger partial charge in [0.25, 0.3) is 0 Å². The van der Waals surface area contributed by atoms with Gasteiger partial charge in [-0.25, -0.2) is 0 Å². The molecule has 0 saturated carbocycles. The van der Waals surface area contributed by atoms with Crippen molar-refractivity contribution in [2.24, 2.45) is 0 Å². The number of pyridine rings is 1. The van der Waals surface area contributed by atoms with Crippen LogP contribution < -0.4 is 0 Å². The molecule has 0 bridgehead atoms. The normalized spacial score (nSPS) is 15.1. The van der Waals surface area contributed by atoms with Gasteiger partial charge in [-0.3, -0.25) is 4.98 Å². The average molecular weight is 200 g/mol. The third-order valence-corrected chi connectivity index (χ3v) is 3.39. The fourth-order valence-electron chi connectivity index (χ4n) is 2.85. The minimum Gasteiger partial charge on any atom is -0.343 e. The summed E-state index contributed by atoms with van der Waals surface area (Å²) >= 11 is 0. The summed E-state index contributed by atoms with van der Waals surface area (Å²) in [6.07, 6.45) is 6.45. The molecule has 3 heterocycles. The van der Waals surface area contributed by atoms with Crippen LogP contribution in [0.15, 0.2) is 18.5 Å². The van der Waals surface area contributed by atoms with Gasteiger partial charge in [0.15, 0.2) is 0 Å². The predicted molar refractivity (Wildman–Crippen MR) is 62.1 cm³/mol. The topological polar surface area (TPSA) is 17.8 Å². The van der Waals surface area contributed by atoms with Crippen molar-refractivity contribution in [1.82, 2.24) is 9.55 Å². The maximum Gasteiger partial charge on any atom is 0.0671 e. The van der Waals surface area contributed by atoms with Crippen molar-refractivity contribution in [3.8, 4) is 0 Å². The summed E-state index contributed by atoms with van der Waals surface area (Å²) in [4.78, 5) is 4.24. The van der Waals surface area contributed by atoms with Crippen molar-refractivity contribution >= 4 is 10.9 Å². The summed E-state index contributed by atoms with van der Waals surface area (Å²) in [5.41, 5.74) is 4.42. The molecule has 0 N–H and O–H groups in total.